The van der Waals surface area contributed by atoms with Gasteiger partial charge in [-0.25, -0.2) is 0 Å². The van der Waals surface area contributed by atoms with E-state index < -0.39 is 11.9 Å². The quantitative estimate of drug-likeness (QED) is 0.844. The van der Waals surface area contributed by atoms with Gasteiger partial charge >= 0.3 is 0 Å². The van der Waals surface area contributed by atoms with Crippen molar-refractivity contribution in [1.29, 1.82) is 0 Å². The summed E-state index contributed by atoms with van der Waals surface area (Å²) in [6.45, 7) is 0. The molecule has 4 nitrogen and oxygen atoms in total. The van der Waals surface area contributed by atoms with Crippen LogP contribution in [0.15, 0.2) is 30.3 Å². The minimum Gasteiger partial charge on any atom is -0.368 e. The zero-order valence-corrected chi connectivity index (χ0v) is 12.4. The van der Waals surface area contributed by atoms with E-state index in [1.807, 2.05) is 18.2 Å². The third-order valence-electron chi connectivity index (χ3n) is 4.23. The first-order chi connectivity index (χ1) is 10.2. The SMILES string of the molecule is NC(=O)C(NC(=O)CCC1CCCCC1)c1ccccc1. The number of amides is 2. The average molecular weight is 288 g/mol. The molecule has 21 heavy (non-hydrogen) atoms. The number of primary amides is 1. The standard InChI is InChI=1S/C17H24N2O2/c18-17(21)16(14-9-5-2-6-10-14)19-15(20)12-11-13-7-3-1-4-8-13/h2,5-6,9-10,13,16H,1,3-4,7-8,11-12H2,(H2,18,21)(H,19,20). The normalized spacial score (nSPS) is 17.1. The smallest absolute Gasteiger partial charge is 0.244 e. The highest BCUT2D eigenvalue weighted by atomic mass is 16.2. The van der Waals surface area contributed by atoms with Gasteiger partial charge in [0, 0.05) is 6.42 Å². The van der Waals surface area contributed by atoms with Gasteiger partial charge in [-0.2, -0.15) is 0 Å². The summed E-state index contributed by atoms with van der Waals surface area (Å²) >= 11 is 0. The van der Waals surface area contributed by atoms with Crippen molar-refractivity contribution >= 4 is 11.8 Å². The molecule has 1 unspecified atom stereocenters. The number of carbonyl (C=O) groups excluding carboxylic acids is 2. The summed E-state index contributed by atoms with van der Waals surface area (Å²) in [6, 6.07) is 8.41. The van der Waals surface area contributed by atoms with Crippen LogP contribution < -0.4 is 11.1 Å². The molecule has 0 radical (unpaired) electrons. The lowest BCUT2D eigenvalue weighted by atomic mass is 9.86. The van der Waals surface area contributed by atoms with Crippen molar-refractivity contribution in [2.24, 2.45) is 11.7 Å². The first-order valence-electron chi connectivity index (χ1n) is 7.80. The Morgan fingerprint density at radius 2 is 1.81 bits per heavy atom. The number of nitrogens with two attached hydrogens (primary N) is 1. The van der Waals surface area contributed by atoms with E-state index >= 15 is 0 Å². The van der Waals surface area contributed by atoms with Gasteiger partial charge in [0.2, 0.25) is 11.8 Å². The van der Waals surface area contributed by atoms with Crippen LogP contribution in [0.4, 0.5) is 0 Å². The maximum atomic E-state index is 12.1. The van der Waals surface area contributed by atoms with Gasteiger partial charge in [0.05, 0.1) is 0 Å². The van der Waals surface area contributed by atoms with Gasteiger partial charge in [0.1, 0.15) is 6.04 Å². The molecule has 1 atom stereocenters. The second-order valence-electron chi connectivity index (χ2n) is 5.86. The van der Waals surface area contributed by atoms with Crippen LogP contribution in [0.1, 0.15) is 56.6 Å². The van der Waals surface area contributed by atoms with Gasteiger partial charge in [0.15, 0.2) is 0 Å². The van der Waals surface area contributed by atoms with E-state index in [9.17, 15) is 9.59 Å². The van der Waals surface area contributed by atoms with Crippen LogP contribution in [0, 0.1) is 5.92 Å². The molecular weight excluding hydrogens is 264 g/mol. The molecular formula is C17H24N2O2. The molecule has 114 valence electrons. The van der Waals surface area contributed by atoms with Crippen LogP contribution in [0.2, 0.25) is 0 Å². The fraction of sp³-hybridized carbons (Fsp3) is 0.529. The molecule has 2 rings (SSSR count). The fourth-order valence-electron chi connectivity index (χ4n) is 3.01. The summed E-state index contributed by atoms with van der Waals surface area (Å²) in [4.78, 5) is 23.6. The zero-order valence-electron chi connectivity index (χ0n) is 12.4. The minimum atomic E-state index is -0.731. The summed E-state index contributed by atoms with van der Waals surface area (Å²) in [5.74, 6) is 0.0497. The van der Waals surface area contributed by atoms with Crippen molar-refractivity contribution in [2.45, 2.75) is 51.0 Å². The molecule has 0 heterocycles. The van der Waals surface area contributed by atoms with Crippen molar-refractivity contribution < 1.29 is 9.59 Å². The molecule has 1 fully saturated rings. The van der Waals surface area contributed by atoms with E-state index in [4.69, 9.17) is 5.73 Å². The Labute approximate surface area is 126 Å². The van der Waals surface area contributed by atoms with Crippen LogP contribution in [-0.2, 0) is 9.59 Å². The number of hydrogen-bond donors (Lipinski definition) is 2. The molecule has 1 saturated carbocycles. The molecule has 0 saturated heterocycles. The lowest BCUT2D eigenvalue weighted by molar-refractivity contribution is -0.127. The second-order valence-corrected chi connectivity index (χ2v) is 5.86. The Balaban J connectivity index is 1.85. The fourth-order valence-corrected chi connectivity index (χ4v) is 3.01. The first kappa shape index (κ1) is 15.5. The van der Waals surface area contributed by atoms with Crippen LogP contribution in [0.5, 0.6) is 0 Å². The number of benzene rings is 1. The molecule has 0 bridgehead atoms. The molecule has 0 spiro atoms. The lowest BCUT2D eigenvalue weighted by Gasteiger charge is -2.22. The van der Waals surface area contributed by atoms with E-state index in [2.05, 4.69) is 5.32 Å². The maximum Gasteiger partial charge on any atom is 0.244 e. The molecule has 1 aliphatic carbocycles. The highest BCUT2D eigenvalue weighted by Crippen LogP contribution is 2.27. The Morgan fingerprint density at radius 1 is 1.14 bits per heavy atom. The van der Waals surface area contributed by atoms with Crippen molar-refractivity contribution in [3.05, 3.63) is 35.9 Å². The Hall–Kier alpha value is -1.84. The van der Waals surface area contributed by atoms with E-state index in [-0.39, 0.29) is 5.91 Å². The van der Waals surface area contributed by atoms with Gasteiger partial charge in [-0.1, -0.05) is 62.4 Å². The first-order valence-corrected chi connectivity index (χ1v) is 7.80. The van der Waals surface area contributed by atoms with Gasteiger partial charge in [-0.15, -0.1) is 0 Å². The monoisotopic (exact) mass is 288 g/mol. The van der Waals surface area contributed by atoms with Gasteiger partial charge < -0.3 is 11.1 Å². The van der Waals surface area contributed by atoms with Crippen LogP contribution in [0.3, 0.4) is 0 Å². The molecule has 1 aromatic carbocycles. The number of rotatable bonds is 6. The molecule has 2 amide bonds. The summed E-state index contributed by atoms with van der Waals surface area (Å²) in [5.41, 5.74) is 6.13. The molecule has 0 aromatic heterocycles. The molecule has 0 aliphatic heterocycles. The van der Waals surface area contributed by atoms with E-state index in [0.717, 1.165) is 12.0 Å². The van der Waals surface area contributed by atoms with Crippen LogP contribution >= 0.6 is 0 Å². The second kappa shape index (κ2) is 7.81. The predicted octanol–water partition coefficient (Wildman–Crippen LogP) is 2.69. The highest BCUT2D eigenvalue weighted by Gasteiger charge is 2.21. The predicted molar refractivity (Wildman–Crippen MR) is 82.3 cm³/mol. The summed E-state index contributed by atoms with van der Waals surface area (Å²) in [7, 11) is 0. The molecule has 4 heteroatoms. The van der Waals surface area contributed by atoms with Gasteiger partial charge in [-0.3, -0.25) is 9.59 Å². The van der Waals surface area contributed by atoms with Crippen molar-refractivity contribution in [3.63, 3.8) is 0 Å². The van der Waals surface area contributed by atoms with Crippen molar-refractivity contribution in [1.82, 2.24) is 5.32 Å². The Morgan fingerprint density at radius 3 is 2.43 bits per heavy atom. The van der Waals surface area contributed by atoms with Crippen LogP contribution in [-0.4, -0.2) is 11.8 Å². The number of nitrogens with one attached hydrogen (secondary N) is 1. The van der Waals surface area contributed by atoms with Crippen molar-refractivity contribution in [3.8, 4) is 0 Å². The maximum absolute atomic E-state index is 12.1. The summed E-state index contributed by atoms with van der Waals surface area (Å²) in [5, 5.41) is 2.76. The topological polar surface area (TPSA) is 72.2 Å². The van der Waals surface area contributed by atoms with Gasteiger partial charge in [0.25, 0.3) is 0 Å². The van der Waals surface area contributed by atoms with E-state index in [1.54, 1.807) is 12.1 Å². The largest absolute Gasteiger partial charge is 0.368 e. The van der Waals surface area contributed by atoms with E-state index in [0.29, 0.717) is 12.3 Å². The summed E-state index contributed by atoms with van der Waals surface area (Å²) in [6.07, 6.45) is 7.71. The zero-order chi connectivity index (χ0) is 15.1. The van der Waals surface area contributed by atoms with Crippen LogP contribution in [0.25, 0.3) is 0 Å². The van der Waals surface area contributed by atoms with Crippen molar-refractivity contribution in [2.75, 3.05) is 0 Å². The third kappa shape index (κ3) is 4.88. The third-order valence-corrected chi connectivity index (χ3v) is 4.23. The summed E-state index contributed by atoms with van der Waals surface area (Å²) < 4.78 is 0. The van der Waals surface area contributed by atoms with Gasteiger partial charge in [-0.05, 0) is 17.9 Å². The minimum absolute atomic E-state index is 0.0896. The molecule has 1 aromatic rings. The van der Waals surface area contributed by atoms with E-state index in [1.165, 1.54) is 32.1 Å². The Kier molecular flexibility index (Phi) is 5.78. The average Bonchev–Trinajstić information content (AvgIpc) is 2.52. The lowest BCUT2D eigenvalue weighted by Crippen LogP contribution is -2.37. The molecule has 3 N–H and O–H groups in total. The molecule has 1 aliphatic rings. The Bertz CT molecular complexity index is 467. The highest BCUT2D eigenvalue weighted by molar-refractivity contribution is 5.87. The number of carbonyl (C=O) groups is 2. The number of hydrogen-bond acceptors (Lipinski definition) is 2.